The summed E-state index contributed by atoms with van der Waals surface area (Å²) in [6.45, 7) is 8.58. The number of hydrogen-bond donors (Lipinski definition) is 1. The van der Waals surface area contributed by atoms with Crippen molar-refractivity contribution in [1.82, 2.24) is 9.62 Å². The molecule has 0 spiro atoms. The lowest BCUT2D eigenvalue weighted by molar-refractivity contribution is 0.410. The normalized spacial score (nSPS) is 12.7. The van der Waals surface area contributed by atoms with Gasteiger partial charge in [0.25, 0.3) is 0 Å². The van der Waals surface area contributed by atoms with Gasteiger partial charge in [0.2, 0.25) is 10.0 Å². The third-order valence-electron chi connectivity index (χ3n) is 3.09. The van der Waals surface area contributed by atoms with Crippen molar-refractivity contribution >= 4 is 26.0 Å². The van der Waals surface area contributed by atoms with Crippen LogP contribution in [0.5, 0.6) is 0 Å². The maximum atomic E-state index is 12.5. The van der Waals surface area contributed by atoms with Crippen LogP contribution >= 0.6 is 15.9 Å². The molecular weight excluding hydrogens is 340 g/mol. The second kappa shape index (κ2) is 7.02. The van der Waals surface area contributed by atoms with Crippen LogP contribution in [0.25, 0.3) is 0 Å². The van der Waals surface area contributed by atoms with Crippen LogP contribution in [0.4, 0.5) is 0 Å². The molecule has 0 aliphatic heterocycles. The monoisotopic (exact) mass is 362 g/mol. The maximum absolute atomic E-state index is 12.5. The lowest BCUT2D eigenvalue weighted by atomic mass is 10.2. The highest BCUT2D eigenvalue weighted by Crippen LogP contribution is 2.26. The van der Waals surface area contributed by atoms with Crippen molar-refractivity contribution in [1.29, 1.82) is 0 Å². The summed E-state index contributed by atoms with van der Waals surface area (Å²) in [6, 6.07) is 5.69. The predicted octanol–water partition coefficient (Wildman–Crippen LogP) is 2.98. The second-order valence-electron chi connectivity index (χ2n) is 5.42. The van der Waals surface area contributed by atoms with Crippen LogP contribution in [-0.4, -0.2) is 31.9 Å². The lowest BCUT2D eigenvalue weighted by Crippen LogP contribution is -2.33. The SMILES string of the molecule is CC(C)NCc1ccc(S(=O)(=O)N(C)C(C)C)c(Br)c1. The van der Waals surface area contributed by atoms with Crippen molar-refractivity contribution in [2.45, 2.75) is 51.2 Å². The molecule has 0 aliphatic rings. The number of nitrogens with zero attached hydrogens (tertiary/aromatic N) is 1. The summed E-state index contributed by atoms with van der Waals surface area (Å²) in [6.07, 6.45) is 0. The highest BCUT2D eigenvalue weighted by atomic mass is 79.9. The molecule has 0 saturated heterocycles. The molecule has 1 rings (SSSR count). The molecule has 1 N–H and O–H groups in total. The predicted molar refractivity (Wildman–Crippen MR) is 86.2 cm³/mol. The highest BCUT2D eigenvalue weighted by molar-refractivity contribution is 9.10. The summed E-state index contributed by atoms with van der Waals surface area (Å²) < 4.78 is 26.9. The Morgan fingerprint density at radius 1 is 1.25 bits per heavy atom. The number of rotatable bonds is 6. The van der Waals surface area contributed by atoms with Crippen LogP contribution in [0.2, 0.25) is 0 Å². The van der Waals surface area contributed by atoms with E-state index in [2.05, 4.69) is 35.1 Å². The lowest BCUT2D eigenvalue weighted by Gasteiger charge is -2.22. The fraction of sp³-hybridized carbons (Fsp3) is 0.571. The fourth-order valence-electron chi connectivity index (χ4n) is 1.62. The highest BCUT2D eigenvalue weighted by Gasteiger charge is 2.25. The van der Waals surface area contributed by atoms with Crippen molar-refractivity contribution in [2.75, 3.05) is 7.05 Å². The molecule has 0 fully saturated rings. The van der Waals surface area contributed by atoms with E-state index in [-0.39, 0.29) is 6.04 Å². The van der Waals surface area contributed by atoms with Gasteiger partial charge >= 0.3 is 0 Å². The van der Waals surface area contributed by atoms with Gasteiger partial charge < -0.3 is 5.32 Å². The Morgan fingerprint density at radius 3 is 2.30 bits per heavy atom. The van der Waals surface area contributed by atoms with Crippen molar-refractivity contribution in [3.05, 3.63) is 28.2 Å². The summed E-state index contributed by atoms with van der Waals surface area (Å²) >= 11 is 3.37. The molecule has 0 heterocycles. The minimum Gasteiger partial charge on any atom is -0.310 e. The van der Waals surface area contributed by atoms with Gasteiger partial charge in [-0.2, -0.15) is 4.31 Å². The van der Waals surface area contributed by atoms with Gasteiger partial charge in [-0.15, -0.1) is 0 Å². The summed E-state index contributed by atoms with van der Waals surface area (Å²) in [5, 5.41) is 3.31. The van der Waals surface area contributed by atoms with Gasteiger partial charge in [0.05, 0.1) is 4.90 Å². The Hall–Kier alpha value is -0.430. The average molecular weight is 363 g/mol. The Bertz CT molecular complexity index is 556. The molecule has 0 atom stereocenters. The van der Waals surface area contributed by atoms with E-state index < -0.39 is 10.0 Å². The molecule has 114 valence electrons. The van der Waals surface area contributed by atoms with E-state index in [1.165, 1.54) is 4.31 Å². The zero-order chi connectivity index (χ0) is 15.5. The van der Waals surface area contributed by atoms with Crippen LogP contribution in [0.3, 0.4) is 0 Å². The third kappa shape index (κ3) is 4.28. The molecule has 0 aromatic heterocycles. The minimum atomic E-state index is -3.45. The molecule has 0 saturated carbocycles. The third-order valence-corrected chi connectivity index (χ3v) is 6.11. The van der Waals surface area contributed by atoms with Crippen molar-refractivity contribution in [2.24, 2.45) is 0 Å². The molecule has 0 unspecified atom stereocenters. The van der Waals surface area contributed by atoms with E-state index in [0.717, 1.165) is 12.1 Å². The maximum Gasteiger partial charge on any atom is 0.244 e. The van der Waals surface area contributed by atoms with Gasteiger partial charge in [0.15, 0.2) is 0 Å². The van der Waals surface area contributed by atoms with Gasteiger partial charge in [-0.3, -0.25) is 0 Å². The van der Waals surface area contributed by atoms with E-state index in [0.29, 0.717) is 15.4 Å². The Balaban J connectivity index is 3.04. The van der Waals surface area contributed by atoms with E-state index in [1.807, 2.05) is 26.0 Å². The van der Waals surface area contributed by atoms with Crippen LogP contribution < -0.4 is 5.32 Å². The second-order valence-corrected chi connectivity index (χ2v) is 8.24. The molecule has 1 aromatic carbocycles. The molecule has 0 bridgehead atoms. The van der Waals surface area contributed by atoms with Crippen molar-refractivity contribution in [3.63, 3.8) is 0 Å². The number of benzene rings is 1. The topological polar surface area (TPSA) is 49.4 Å². The summed E-state index contributed by atoms with van der Waals surface area (Å²) in [5.41, 5.74) is 1.05. The van der Waals surface area contributed by atoms with Gasteiger partial charge in [0, 0.05) is 30.1 Å². The summed E-state index contributed by atoms with van der Waals surface area (Å²) in [5.74, 6) is 0. The molecule has 6 heteroatoms. The first-order valence-electron chi connectivity index (χ1n) is 6.66. The van der Waals surface area contributed by atoms with Crippen molar-refractivity contribution < 1.29 is 8.42 Å². The van der Waals surface area contributed by atoms with Gasteiger partial charge in [-0.05, 0) is 47.5 Å². The molecule has 1 aromatic rings. The van der Waals surface area contributed by atoms with Gasteiger partial charge in [-0.1, -0.05) is 19.9 Å². The first-order valence-corrected chi connectivity index (χ1v) is 8.89. The molecule has 0 aliphatic carbocycles. The first-order chi connectivity index (χ1) is 9.16. The van der Waals surface area contributed by atoms with Crippen LogP contribution in [0.15, 0.2) is 27.6 Å². The molecule has 20 heavy (non-hydrogen) atoms. The summed E-state index contributed by atoms with van der Waals surface area (Å²) in [4.78, 5) is 0.307. The van der Waals surface area contributed by atoms with Gasteiger partial charge in [0.1, 0.15) is 0 Å². The minimum absolute atomic E-state index is 0.0748. The Morgan fingerprint density at radius 2 is 1.85 bits per heavy atom. The quantitative estimate of drug-likeness (QED) is 0.845. The number of halogens is 1. The zero-order valence-electron chi connectivity index (χ0n) is 12.6. The first kappa shape index (κ1) is 17.6. The standard InChI is InChI=1S/C14H23BrN2O2S/c1-10(2)16-9-12-6-7-14(13(15)8-12)20(18,19)17(5)11(3)4/h6-8,10-11,16H,9H2,1-5H3. The Kier molecular flexibility index (Phi) is 6.19. The van der Waals surface area contributed by atoms with Crippen molar-refractivity contribution in [3.8, 4) is 0 Å². The molecule has 0 amide bonds. The van der Waals surface area contributed by atoms with E-state index in [4.69, 9.17) is 0 Å². The molecular formula is C14H23BrN2O2S. The largest absolute Gasteiger partial charge is 0.310 e. The average Bonchev–Trinajstić information content (AvgIpc) is 2.34. The number of hydrogen-bond acceptors (Lipinski definition) is 3. The summed E-state index contributed by atoms with van der Waals surface area (Å²) in [7, 11) is -1.85. The molecule has 0 radical (unpaired) electrons. The van der Waals surface area contributed by atoms with E-state index in [1.54, 1.807) is 13.1 Å². The fourth-order valence-corrected chi connectivity index (χ4v) is 4.07. The van der Waals surface area contributed by atoms with E-state index in [9.17, 15) is 8.42 Å². The smallest absolute Gasteiger partial charge is 0.244 e. The van der Waals surface area contributed by atoms with Crippen LogP contribution in [-0.2, 0) is 16.6 Å². The number of nitrogens with one attached hydrogen (secondary N) is 1. The van der Waals surface area contributed by atoms with E-state index >= 15 is 0 Å². The molecule has 4 nitrogen and oxygen atoms in total. The van der Waals surface area contributed by atoms with Gasteiger partial charge in [-0.25, -0.2) is 8.42 Å². The zero-order valence-corrected chi connectivity index (χ0v) is 15.0. The Labute approximate surface area is 130 Å². The number of sulfonamides is 1. The van der Waals surface area contributed by atoms with Crippen LogP contribution in [0.1, 0.15) is 33.3 Å². The van der Waals surface area contributed by atoms with Crippen LogP contribution in [0, 0.1) is 0 Å².